The largest absolute Gasteiger partial charge is 0.591 e. The molecule has 0 N–H and O–H groups in total. The minimum atomic E-state index is -1.26. The third-order valence-corrected chi connectivity index (χ3v) is 4.39. The molecule has 0 aromatic heterocycles. The van der Waals surface area contributed by atoms with Gasteiger partial charge in [-0.1, -0.05) is 4.40 Å². The smallest absolute Gasteiger partial charge is 0.144 e. The Morgan fingerprint density at radius 3 is 2.35 bits per heavy atom. The van der Waals surface area contributed by atoms with E-state index < -0.39 is 11.4 Å². The Balaban J connectivity index is 3.01. The zero-order valence-electron chi connectivity index (χ0n) is 12.5. The molecule has 0 fully saturated rings. The van der Waals surface area contributed by atoms with Crippen molar-refractivity contribution >= 4 is 28.7 Å². The summed E-state index contributed by atoms with van der Waals surface area (Å²) in [5.41, 5.74) is 1.80. The lowest BCUT2D eigenvalue weighted by atomic mass is 10.1. The van der Waals surface area contributed by atoms with E-state index in [0.29, 0.717) is 5.88 Å². The minimum absolute atomic E-state index is 0.362. The maximum absolute atomic E-state index is 12.2. The Bertz CT molecular complexity index is 440. The van der Waals surface area contributed by atoms with Crippen molar-refractivity contribution in [1.29, 1.82) is 0 Å². The summed E-state index contributed by atoms with van der Waals surface area (Å²) in [4.78, 5) is 0. The zero-order chi connectivity index (χ0) is 15.2. The van der Waals surface area contributed by atoms with Crippen molar-refractivity contribution in [3.63, 3.8) is 0 Å². The van der Waals surface area contributed by atoms with Gasteiger partial charge in [0.25, 0.3) is 0 Å². The summed E-state index contributed by atoms with van der Waals surface area (Å²) >= 11 is 4.49. The molecule has 0 saturated heterocycles. The van der Waals surface area contributed by atoms with Gasteiger partial charge in [-0.05, 0) is 57.9 Å². The summed E-state index contributed by atoms with van der Waals surface area (Å²) in [7, 11) is 1.63. The molecule has 0 aliphatic carbocycles. The van der Waals surface area contributed by atoms with E-state index in [9.17, 15) is 4.55 Å². The summed E-state index contributed by atoms with van der Waals surface area (Å²) in [5.74, 6) is 1.36. The van der Waals surface area contributed by atoms with Crippen LogP contribution in [0.25, 0.3) is 0 Å². The second-order valence-electron chi connectivity index (χ2n) is 5.42. The maximum Gasteiger partial charge on any atom is 0.144 e. The standard InChI is InChI=1S/C15H22ClNO2S/c1-15(2,3)20(18)17-14(6-5-11-16)12-7-9-13(19-4)10-8-12/h7-10H,5-6,11H2,1-4H3/b17-14-. The Labute approximate surface area is 129 Å². The highest BCUT2D eigenvalue weighted by atomic mass is 35.5. The summed E-state index contributed by atoms with van der Waals surface area (Å²) in [6, 6.07) is 7.63. The van der Waals surface area contributed by atoms with E-state index >= 15 is 0 Å². The molecule has 1 aromatic carbocycles. The molecule has 112 valence electrons. The van der Waals surface area contributed by atoms with Gasteiger partial charge in [0.1, 0.15) is 21.9 Å². The van der Waals surface area contributed by atoms with Crippen LogP contribution >= 0.6 is 11.6 Å². The number of hydrogen-bond acceptors (Lipinski definition) is 3. The number of hydrogen-bond donors (Lipinski definition) is 0. The van der Waals surface area contributed by atoms with Gasteiger partial charge >= 0.3 is 0 Å². The van der Waals surface area contributed by atoms with Crippen molar-refractivity contribution in [2.75, 3.05) is 13.0 Å². The summed E-state index contributed by atoms with van der Waals surface area (Å²) in [6.07, 6.45) is 1.53. The average Bonchev–Trinajstić information content (AvgIpc) is 2.42. The molecule has 20 heavy (non-hydrogen) atoms. The van der Waals surface area contributed by atoms with Gasteiger partial charge in [0, 0.05) is 11.4 Å². The molecule has 0 amide bonds. The molecule has 0 aliphatic heterocycles. The van der Waals surface area contributed by atoms with Gasteiger partial charge in [0.15, 0.2) is 0 Å². The minimum Gasteiger partial charge on any atom is -0.591 e. The fourth-order valence-electron chi connectivity index (χ4n) is 1.50. The van der Waals surface area contributed by atoms with E-state index in [1.54, 1.807) is 7.11 Å². The third kappa shape index (κ3) is 5.35. The first kappa shape index (κ1) is 17.3. The number of benzene rings is 1. The maximum atomic E-state index is 12.2. The number of ether oxygens (including phenoxy) is 1. The first-order valence-electron chi connectivity index (χ1n) is 6.58. The molecule has 1 rings (SSSR count). The molecule has 1 aromatic rings. The molecule has 1 unspecified atom stereocenters. The van der Waals surface area contributed by atoms with E-state index in [-0.39, 0.29) is 4.75 Å². The monoisotopic (exact) mass is 315 g/mol. The summed E-state index contributed by atoms with van der Waals surface area (Å²) < 4.78 is 21.4. The second-order valence-corrected chi connectivity index (χ2v) is 7.70. The van der Waals surface area contributed by atoms with E-state index in [4.69, 9.17) is 16.3 Å². The average molecular weight is 316 g/mol. The van der Waals surface area contributed by atoms with Crippen LogP contribution in [0.15, 0.2) is 28.7 Å². The lowest BCUT2D eigenvalue weighted by Gasteiger charge is -2.19. The molecule has 0 bridgehead atoms. The highest BCUT2D eigenvalue weighted by Gasteiger charge is 2.27. The fraction of sp³-hybridized carbons (Fsp3) is 0.533. The third-order valence-electron chi connectivity index (χ3n) is 2.69. The number of halogens is 1. The van der Waals surface area contributed by atoms with E-state index in [1.807, 2.05) is 45.0 Å². The van der Waals surface area contributed by atoms with Crippen LogP contribution in [0.1, 0.15) is 39.2 Å². The molecule has 5 heteroatoms. The van der Waals surface area contributed by atoms with E-state index in [2.05, 4.69) is 4.40 Å². The van der Waals surface area contributed by atoms with Crippen molar-refractivity contribution in [1.82, 2.24) is 0 Å². The number of rotatable bonds is 6. The Kier molecular flexibility index (Phi) is 6.86. The van der Waals surface area contributed by atoms with Crippen molar-refractivity contribution in [3.05, 3.63) is 29.8 Å². The highest BCUT2D eigenvalue weighted by Crippen LogP contribution is 2.21. The van der Waals surface area contributed by atoms with Crippen LogP contribution in [-0.4, -0.2) is 28.0 Å². The fourth-order valence-corrected chi connectivity index (χ4v) is 2.30. The number of nitrogens with zero attached hydrogens (tertiary/aromatic N) is 1. The topological polar surface area (TPSA) is 44.6 Å². The lowest BCUT2D eigenvalue weighted by molar-refractivity contribution is 0.415. The first-order valence-corrected chi connectivity index (χ1v) is 8.22. The van der Waals surface area contributed by atoms with Crippen molar-refractivity contribution in [2.45, 2.75) is 38.4 Å². The summed E-state index contributed by atoms with van der Waals surface area (Å²) in [5, 5.41) is 0. The predicted molar refractivity (Wildman–Crippen MR) is 87.4 cm³/mol. The zero-order valence-corrected chi connectivity index (χ0v) is 14.1. The quantitative estimate of drug-likeness (QED) is 0.453. The normalized spacial score (nSPS) is 14.2. The van der Waals surface area contributed by atoms with Crippen LogP contribution in [0.4, 0.5) is 0 Å². The van der Waals surface area contributed by atoms with Crippen LogP contribution in [0.5, 0.6) is 5.75 Å². The molecular weight excluding hydrogens is 294 g/mol. The predicted octanol–water partition coefficient (Wildman–Crippen LogP) is 3.97. The van der Waals surface area contributed by atoms with Gasteiger partial charge in [-0.2, -0.15) is 0 Å². The van der Waals surface area contributed by atoms with Crippen molar-refractivity contribution in [2.24, 2.45) is 4.40 Å². The summed E-state index contributed by atoms with van der Waals surface area (Å²) in [6.45, 7) is 5.75. The first-order chi connectivity index (χ1) is 9.38. The van der Waals surface area contributed by atoms with Gasteiger partial charge in [-0.15, -0.1) is 11.6 Å². The highest BCUT2D eigenvalue weighted by molar-refractivity contribution is 7.91. The van der Waals surface area contributed by atoms with Crippen LogP contribution in [0.2, 0.25) is 0 Å². The molecule has 0 heterocycles. The molecular formula is C15H22ClNO2S. The SMILES string of the molecule is COc1ccc(/C(CCCCl)=N\[S+]([O-])C(C)(C)C)cc1. The van der Waals surface area contributed by atoms with Crippen LogP contribution in [-0.2, 0) is 11.4 Å². The van der Waals surface area contributed by atoms with Crippen LogP contribution < -0.4 is 4.74 Å². The molecule has 0 radical (unpaired) electrons. The number of alkyl halides is 1. The van der Waals surface area contributed by atoms with Gasteiger partial charge < -0.3 is 9.29 Å². The molecule has 0 saturated carbocycles. The lowest BCUT2D eigenvalue weighted by Crippen LogP contribution is -2.27. The van der Waals surface area contributed by atoms with Crippen LogP contribution in [0.3, 0.4) is 0 Å². The Morgan fingerprint density at radius 1 is 1.30 bits per heavy atom. The van der Waals surface area contributed by atoms with E-state index in [1.165, 1.54) is 0 Å². The van der Waals surface area contributed by atoms with Crippen LogP contribution in [0, 0.1) is 0 Å². The molecule has 0 spiro atoms. The van der Waals surface area contributed by atoms with Gasteiger partial charge in [-0.3, -0.25) is 0 Å². The second kappa shape index (κ2) is 7.91. The molecule has 0 aliphatic rings. The van der Waals surface area contributed by atoms with Gasteiger partial charge in [0.05, 0.1) is 12.8 Å². The number of methoxy groups -OCH3 is 1. The van der Waals surface area contributed by atoms with Crippen molar-refractivity contribution in [3.8, 4) is 5.75 Å². The van der Waals surface area contributed by atoms with Gasteiger partial charge in [0.2, 0.25) is 0 Å². The van der Waals surface area contributed by atoms with Crippen molar-refractivity contribution < 1.29 is 9.29 Å². The van der Waals surface area contributed by atoms with E-state index in [0.717, 1.165) is 29.9 Å². The molecule has 3 nitrogen and oxygen atoms in total. The Hall–Kier alpha value is -0.710. The molecule has 1 atom stereocenters. The van der Waals surface area contributed by atoms with Gasteiger partial charge in [-0.25, -0.2) is 0 Å². The Morgan fingerprint density at radius 2 is 1.90 bits per heavy atom.